The van der Waals surface area contributed by atoms with Gasteiger partial charge in [-0.15, -0.1) is 0 Å². The second kappa shape index (κ2) is 5.94. The molecule has 2 rings (SSSR count). The molecule has 4 heteroatoms. The number of pyridine rings is 1. The molecule has 1 unspecified atom stereocenters. The molecule has 1 aromatic rings. The van der Waals surface area contributed by atoms with Crippen molar-refractivity contribution in [3.05, 3.63) is 29.6 Å². The van der Waals surface area contributed by atoms with Gasteiger partial charge in [-0.1, -0.05) is 6.07 Å². The second-order valence-corrected chi connectivity index (χ2v) is 3.95. The average Bonchev–Trinajstić information content (AvgIpc) is 2.80. The second-order valence-electron chi connectivity index (χ2n) is 3.95. The lowest BCUT2D eigenvalue weighted by Crippen LogP contribution is -2.13. The molecule has 0 aliphatic carbocycles. The summed E-state index contributed by atoms with van der Waals surface area (Å²) in [6.07, 6.45) is 1.24. The minimum Gasteiger partial charge on any atom is -0.379 e. The Morgan fingerprint density at radius 3 is 3.12 bits per heavy atom. The quantitative estimate of drug-likeness (QED) is 0.810. The first kappa shape index (κ1) is 11.5. The highest BCUT2D eigenvalue weighted by atomic mass is 16.5. The van der Waals surface area contributed by atoms with Crippen molar-refractivity contribution in [2.45, 2.75) is 25.7 Å². The average molecular weight is 222 g/mol. The van der Waals surface area contributed by atoms with Crippen LogP contribution in [0.15, 0.2) is 18.2 Å². The van der Waals surface area contributed by atoms with E-state index in [1.54, 1.807) is 0 Å². The van der Waals surface area contributed by atoms with Crippen molar-refractivity contribution in [1.29, 1.82) is 0 Å². The van der Waals surface area contributed by atoms with Gasteiger partial charge in [-0.3, -0.25) is 4.98 Å². The van der Waals surface area contributed by atoms with Crippen LogP contribution in [0.25, 0.3) is 0 Å². The smallest absolute Gasteiger partial charge is 0.0892 e. The maximum Gasteiger partial charge on any atom is 0.0892 e. The molecule has 0 bridgehead atoms. The zero-order chi connectivity index (χ0) is 11.2. The summed E-state index contributed by atoms with van der Waals surface area (Å²) in [5.74, 6) is 0. The Kier molecular flexibility index (Phi) is 4.27. The van der Waals surface area contributed by atoms with Gasteiger partial charge in [0.05, 0.1) is 30.7 Å². The Morgan fingerprint density at radius 2 is 2.38 bits per heavy atom. The van der Waals surface area contributed by atoms with Crippen molar-refractivity contribution >= 4 is 0 Å². The lowest BCUT2D eigenvalue weighted by molar-refractivity contribution is 0.0301. The van der Waals surface area contributed by atoms with Gasteiger partial charge in [0.1, 0.15) is 0 Å². The topological polar surface area (TPSA) is 43.4 Å². The van der Waals surface area contributed by atoms with Crippen molar-refractivity contribution in [2.75, 3.05) is 20.3 Å². The molecule has 1 saturated heterocycles. The fourth-order valence-electron chi connectivity index (χ4n) is 1.74. The number of hydrogen-bond donors (Lipinski definition) is 1. The molecule has 0 aromatic carbocycles. The van der Waals surface area contributed by atoms with E-state index in [2.05, 4.69) is 10.3 Å². The van der Waals surface area contributed by atoms with Crippen LogP contribution in [0.1, 0.15) is 17.8 Å². The Bertz CT molecular complexity index is 325. The van der Waals surface area contributed by atoms with Crippen molar-refractivity contribution in [2.24, 2.45) is 0 Å². The molecule has 2 heterocycles. The van der Waals surface area contributed by atoms with Gasteiger partial charge >= 0.3 is 0 Å². The number of hydrogen-bond acceptors (Lipinski definition) is 4. The third kappa shape index (κ3) is 3.27. The molecular formula is C12H18N2O2. The van der Waals surface area contributed by atoms with Crippen LogP contribution in [0, 0.1) is 0 Å². The van der Waals surface area contributed by atoms with Crippen LogP contribution in [0.4, 0.5) is 0 Å². The van der Waals surface area contributed by atoms with Crippen LogP contribution in [0.2, 0.25) is 0 Å². The van der Waals surface area contributed by atoms with E-state index in [1.807, 2.05) is 25.2 Å². The molecule has 1 aromatic heterocycles. The van der Waals surface area contributed by atoms with Gasteiger partial charge in [0, 0.05) is 13.2 Å². The zero-order valence-electron chi connectivity index (χ0n) is 9.61. The molecule has 16 heavy (non-hydrogen) atoms. The van der Waals surface area contributed by atoms with Gasteiger partial charge in [0.25, 0.3) is 0 Å². The first-order valence-corrected chi connectivity index (χ1v) is 5.67. The molecule has 1 aliphatic heterocycles. The molecule has 1 atom stereocenters. The van der Waals surface area contributed by atoms with Crippen molar-refractivity contribution < 1.29 is 9.47 Å². The minimum absolute atomic E-state index is 0.245. The lowest BCUT2D eigenvalue weighted by Gasteiger charge is -2.09. The van der Waals surface area contributed by atoms with E-state index in [-0.39, 0.29) is 6.10 Å². The molecule has 1 aliphatic rings. The first-order valence-electron chi connectivity index (χ1n) is 5.67. The zero-order valence-corrected chi connectivity index (χ0v) is 9.61. The third-order valence-corrected chi connectivity index (χ3v) is 2.58. The van der Waals surface area contributed by atoms with Crippen LogP contribution in [-0.4, -0.2) is 31.3 Å². The fraction of sp³-hybridized carbons (Fsp3) is 0.583. The summed E-state index contributed by atoms with van der Waals surface area (Å²) in [7, 11) is 1.92. The number of aromatic nitrogens is 1. The normalized spacial score (nSPS) is 20.2. The van der Waals surface area contributed by atoms with Crippen molar-refractivity contribution in [1.82, 2.24) is 10.3 Å². The van der Waals surface area contributed by atoms with Crippen LogP contribution in [0.3, 0.4) is 0 Å². The molecule has 88 valence electrons. The number of nitrogens with one attached hydrogen (secondary N) is 1. The third-order valence-electron chi connectivity index (χ3n) is 2.58. The largest absolute Gasteiger partial charge is 0.379 e. The number of ether oxygens (including phenoxy) is 2. The number of rotatable bonds is 5. The highest BCUT2D eigenvalue weighted by molar-refractivity contribution is 5.10. The molecule has 0 radical (unpaired) electrons. The Hall–Kier alpha value is -0.970. The van der Waals surface area contributed by atoms with Crippen LogP contribution >= 0.6 is 0 Å². The molecular weight excluding hydrogens is 204 g/mol. The molecule has 1 N–H and O–H groups in total. The summed E-state index contributed by atoms with van der Waals surface area (Å²) in [5, 5.41) is 3.09. The standard InChI is InChI=1S/C12H18N2O2/c1-13-7-10-3-2-4-11(14-10)8-16-12-5-6-15-9-12/h2-4,12-13H,5-9H2,1H3. The summed E-state index contributed by atoms with van der Waals surface area (Å²) in [6.45, 7) is 2.90. The molecule has 0 amide bonds. The van der Waals surface area contributed by atoms with Crippen LogP contribution in [-0.2, 0) is 22.6 Å². The monoisotopic (exact) mass is 222 g/mol. The van der Waals surface area contributed by atoms with E-state index in [4.69, 9.17) is 9.47 Å². The summed E-state index contributed by atoms with van der Waals surface area (Å²) in [6, 6.07) is 6.02. The maximum absolute atomic E-state index is 5.71. The van der Waals surface area contributed by atoms with Gasteiger partial charge in [0.15, 0.2) is 0 Å². The molecule has 0 spiro atoms. The fourth-order valence-corrected chi connectivity index (χ4v) is 1.74. The van der Waals surface area contributed by atoms with Gasteiger partial charge in [0.2, 0.25) is 0 Å². The van der Waals surface area contributed by atoms with Crippen molar-refractivity contribution in [3.63, 3.8) is 0 Å². The van der Waals surface area contributed by atoms with Gasteiger partial charge in [-0.2, -0.15) is 0 Å². The van der Waals surface area contributed by atoms with E-state index in [9.17, 15) is 0 Å². The SMILES string of the molecule is CNCc1cccc(COC2CCOC2)n1. The van der Waals surface area contributed by atoms with Crippen LogP contribution < -0.4 is 5.32 Å². The molecule has 1 fully saturated rings. The predicted molar refractivity (Wildman–Crippen MR) is 61.0 cm³/mol. The van der Waals surface area contributed by atoms with E-state index in [0.29, 0.717) is 6.61 Å². The minimum atomic E-state index is 0.245. The predicted octanol–water partition coefficient (Wildman–Crippen LogP) is 1.11. The van der Waals surface area contributed by atoms with E-state index < -0.39 is 0 Å². The molecule has 0 saturated carbocycles. The highest BCUT2D eigenvalue weighted by Gasteiger charge is 2.15. The number of nitrogens with zero attached hydrogens (tertiary/aromatic N) is 1. The van der Waals surface area contributed by atoms with Gasteiger partial charge in [-0.25, -0.2) is 0 Å². The van der Waals surface area contributed by atoms with Gasteiger partial charge < -0.3 is 14.8 Å². The van der Waals surface area contributed by atoms with E-state index in [0.717, 1.165) is 37.6 Å². The highest BCUT2D eigenvalue weighted by Crippen LogP contribution is 2.10. The van der Waals surface area contributed by atoms with E-state index >= 15 is 0 Å². The summed E-state index contributed by atoms with van der Waals surface area (Å²) in [4.78, 5) is 4.50. The van der Waals surface area contributed by atoms with Crippen molar-refractivity contribution in [3.8, 4) is 0 Å². The summed E-state index contributed by atoms with van der Waals surface area (Å²) < 4.78 is 11.0. The maximum atomic E-state index is 5.71. The summed E-state index contributed by atoms with van der Waals surface area (Å²) >= 11 is 0. The van der Waals surface area contributed by atoms with E-state index in [1.165, 1.54) is 0 Å². The van der Waals surface area contributed by atoms with Crippen LogP contribution in [0.5, 0.6) is 0 Å². The summed E-state index contributed by atoms with van der Waals surface area (Å²) in [5.41, 5.74) is 2.03. The Morgan fingerprint density at radius 1 is 1.50 bits per heavy atom. The Balaban J connectivity index is 1.85. The lowest BCUT2D eigenvalue weighted by atomic mass is 10.3. The van der Waals surface area contributed by atoms with Gasteiger partial charge in [-0.05, 0) is 25.6 Å². The molecule has 4 nitrogen and oxygen atoms in total. The Labute approximate surface area is 96.0 Å². The first-order chi connectivity index (χ1) is 7.88.